The minimum atomic E-state index is -3.82. The fraction of sp³-hybridized carbons (Fsp3) is 0.391. The molecule has 0 bridgehead atoms. The first-order chi connectivity index (χ1) is 16.0. The van der Waals surface area contributed by atoms with Crippen molar-refractivity contribution >= 4 is 27.5 Å². The van der Waals surface area contributed by atoms with Gasteiger partial charge in [-0.2, -0.15) is 0 Å². The van der Waals surface area contributed by atoms with Gasteiger partial charge in [0.05, 0.1) is 17.9 Å². The second-order valence-corrected chi connectivity index (χ2v) is 10.5. The van der Waals surface area contributed by atoms with E-state index in [0.717, 1.165) is 9.87 Å². The third-order valence-corrected chi connectivity index (χ3v) is 7.58. The van der Waals surface area contributed by atoms with E-state index in [2.05, 4.69) is 5.32 Å². The monoisotopic (exact) mass is 490 g/mol. The van der Waals surface area contributed by atoms with Gasteiger partial charge in [-0.15, -0.1) is 0 Å². The second-order valence-electron chi connectivity index (χ2n) is 8.39. The van der Waals surface area contributed by atoms with E-state index in [1.807, 2.05) is 0 Å². The number of aromatic hydroxyl groups is 1. The zero-order chi connectivity index (χ0) is 25.0. The zero-order valence-electron chi connectivity index (χ0n) is 19.4. The maximum absolute atomic E-state index is 13.2. The minimum Gasteiger partial charge on any atom is -0.504 e. The van der Waals surface area contributed by atoms with Crippen molar-refractivity contribution in [3.8, 4) is 11.5 Å². The van der Waals surface area contributed by atoms with Crippen LogP contribution in [0.1, 0.15) is 28.8 Å². The average Bonchev–Trinajstić information content (AvgIpc) is 2.82. The molecule has 1 aliphatic rings. The van der Waals surface area contributed by atoms with Gasteiger partial charge in [-0.25, -0.2) is 12.7 Å². The van der Waals surface area contributed by atoms with Gasteiger partial charge in [0.1, 0.15) is 0 Å². The summed E-state index contributed by atoms with van der Waals surface area (Å²) in [6, 6.07) is 9.30. The number of phenols is 1. The van der Waals surface area contributed by atoms with Gasteiger partial charge in [0.2, 0.25) is 15.9 Å². The number of nitrogens with zero attached hydrogens (tertiary/aromatic N) is 2. The molecule has 4 N–H and O–H groups in total. The average molecular weight is 491 g/mol. The first-order valence-corrected chi connectivity index (χ1v) is 12.2. The predicted octanol–water partition coefficient (Wildman–Crippen LogP) is 1.60. The number of primary amides is 1. The topological polar surface area (TPSA) is 142 Å². The maximum Gasteiger partial charge on any atom is 0.253 e. The van der Waals surface area contributed by atoms with Gasteiger partial charge in [-0.3, -0.25) is 9.59 Å². The third kappa shape index (κ3) is 5.60. The van der Waals surface area contributed by atoms with Crippen LogP contribution >= 0.6 is 0 Å². The predicted molar refractivity (Wildman–Crippen MR) is 127 cm³/mol. The number of nitrogens with two attached hydrogens (primary N) is 1. The highest BCUT2D eigenvalue weighted by Crippen LogP contribution is 2.28. The highest BCUT2D eigenvalue weighted by Gasteiger charge is 2.29. The zero-order valence-corrected chi connectivity index (χ0v) is 20.3. The van der Waals surface area contributed by atoms with Crippen LogP contribution in [-0.4, -0.2) is 68.8 Å². The van der Waals surface area contributed by atoms with Gasteiger partial charge in [-0.1, -0.05) is 6.07 Å². The molecular weight excluding hydrogens is 460 g/mol. The van der Waals surface area contributed by atoms with E-state index in [1.165, 1.54) is 44.3 Å². The summed E-state index contributed by atoms with van der Waals surface area (Å²) in [6.45, 7) is 0.929. The number of amides is 2. The molecule has 2 aromatic carbocycles. The normalized spacial score (nSPS) is 16.4. The van der Waals surface area contributed by atoms with Crippen LogP contribution < -0.4 is 15.8 Å². The van der Waals surface area contributed by atoms with Crippen molar-refractivity contribution in [3.63, 3.8) is 0 Å². The molecule has 184 valence electrons. The van der Waals surface area contributed by atoms with Crippen molar-refractivity contribution in [2.45, 2.75) is 24.3 Å². The number of rotatable bonds is 8. The number of hydrogen-bond donors (Lipinski definition) is 3. The summed E-state index contributed by atoms with van der Waals surface area (Å²) >= 11 is 0. The number of nitrogens with one attached hydrogen (secondary N) is 1. The number of carbonyl (C=O) groups is 2. The maximum atomic E-state index is 13.2. The minimum absolute atomic E-state index is 0.0179. The number of phenolic OH excluding ortho intramolecular Hbond substituents is 1. The van der Waals surface area contributed by atoms with Gasteiger partial charge in [0.15, 0.2) is 11.5 Å². The fourth-order valence-corrected chi connectivity index (χ4v) is 4.78. The Kier molecular flexibility index (Phi) is 7.68. The molecule has 0 spiro atoms. The molecular formula is C23H30N4O6S. The molecule has 1 saturated heterocycles. The summed E-state index contributed by atoms with van der Waals surface area (Å²) in [6.07, 6.45) is 1.26. The highest BCUT2D eigenvalue weighted by molar-refractivity contribution is 7.89. The van der Waals surface area contributed by atoms with Gasteiger partial charge in [-0.05, 0) is 48.7 Å². The third-order valence-electron chi connectivity index (χ3n) is 5.78. The summed E-state index contributed by atoms with van der Waals surface area (Å²) in [5.74, 6) is -0.924. The Morgan fingerprint density at radius 3 is 2.59 bits per heavy atom. The number of methoxy groups -OCH3 is 1. The van der Waals surface area contributed by atoms with E-state index in [9.17, 15) is 23.1 Å². The molecule has 1 heterocycles. The molecule has 1 unspecified atom stereocenters. The van der Waals surface area contributed by atoms with Crippen LogP contribution in [0.15, 0.2) is 41.3 Å². The Bertz CT molecular complexity index is 1180. The molecule has 11 heteroatoms. The molecule has 1 aliphatic heterocycles. The van der Waals surface area contributed by atoms with Crippen LogP contribution in [0.5, 0.6) is 11.5 Å². The van der Waals surface area contributed by atoms with E-state index in [1.54, 1.807) is 18.2 Å². The summed E-state index contributed by atoms with van der Waals surface area (Å²) < 4.78 is 31.8. The quantitative estimate of drug-likeness (QED) is 0.510. The van der Waals surface area contributed by atoms with E-state index < -0.39 is 21.8 Å². The standard InChI is InChI=1S/C23H30N4O6S/c1-26(2)34(31,32)19-11-17(23(30)27-8-4-5-16(14-27)22(24)29)10-18(12-19)25-13-15-6-7-21(33-3)20(28)9-15/h6-7,9-12,16,25,28H,4-5,8,13-14H2,1-3H3,(H2,24,29). The second kappa shape index (κ2) is 10.3. The van der Waals surface area contributed by atoms with Gasteiger partial charge < -0.3 is 25.8 Å². The molecule has 10 nitrogen and oxygen atoms in total. The van der Waals surface area contributed by atoms with Crippen LogP contribution in [0.25, 0.3) is 0 Å². The first-order valence-electron chi connectivity index (χ1n) is 10.8. The number of sulfonamides is 1. The van der Waals surface area contributed by atoms with Crippen LogP contribution in [0.2, 0.25) is 0 Å². The number of benzene rings is 2. The van der Waals surface area contributed by atoms with Crippen molar-refractivity contribution < 1.29 is 27.9 Å². The van der Waals surface area contributed by atoms with Crippen LogP contribution in [0, 0.1) is 5.92 Å². The molecule has 2 aromatic rings. The molecule has 3 rings (SSSR count). The summed E-state index contributed by atoms with van der Waals surface area (Å²) in [5, 5.41) is 13.1. The number of hydrogen-bond acceptors (Lipinski definition) is 7. The van der Waals surface area contributed by atoms with Gasteiger partial charge in [0, 0.05) is 45.0 Å². The van der Waals surface area contributed by atoms with Gasteiger partial charge >= 0.3 is 0 Å². The molecule has 1 atom stereocenters. The van der Waals surface area contributed by atoms with Crippen molar-refractivity contribution in [2.24, 2.45) is 11.7 Å². The number of anilines is 1. The van der Waals surface area contributed by atoms with E-state index >= 15 is 0 Å². The largest absolute Gasteiger partial charge is 0.504 e. The van der Waals surface area contributed by atoms with Crippen molar-refractivity contribution in [2.75, 3.05) is 39.6 Å². The molecule has 0 aliphatic carbocycles. The lowest BCUT2D eigenvalue weighted by atomic mass is 9.97. The number of likely N-dealkylation sites (tertiary alicyclic amines) is 1. The summed E-state index contributed by atoms with van der Waals surface area (Å²) in [5.41, 5.74) is 6.77. The highest BCUT2D eigenvalue weighted by atomic mass is 32.2. The van der Waals surface area contributed by atoms with Crippen molar-refractivity contribution in [1.82, 2.24) is 9.21 Å². The van der Waals surface area contributed by atoms with Crippen molar-refractivity contribution in [3.05, 3.63) is 47.5 Å². The molecule has 0 radical (unpaired) electrons. The van der Waals surface area contributed by atoms with Gasteiger partial charge in [0.25, 0.3) is 5.91 Å². The lowest BCUT2D eigenvalue weighted by Gasteiger charge is -2.31. The van der Waals surface area contributed by atoms with Crippen LogP contribution in [-0.2, 0) is 21.4 Å². The van der Waals surface area contributed by atoms with E-state index in [0.29, 0.717) is 30.8 Å². The van der Waals surface area contributed by atoms with Crippen LogP contribution in [0.3, 0.4) is 0 Å². The lowest BCUT2D eigenvalue weighted by Crippen LogP contribution is -2.44. The molecule has 34 heavy (non-hydrogen) atoms. The summed E-state index contributed by atoms with van der Waals surface area (Å²) in [7, 11) is 0.469. The number of ether oxygens (including phenoxy) is 1. The lowest BCUT2D eigenvalue weighted by molar-refractivity contribution is -0.123. The Hall–Kier alpha value is -3.31. The Morgan fingerprint density at radius 2 is 1.97 bits per heavy atom. The number of carbonyl (C=O) groups excluding carboxylic acids is 2. The van der Waals surface area contributed by atoms with E-state index in [-0.39, 0.29) is 35.2 Å². The summed E-state index contributed by atoms with van der Waals surface area (Å²) in [4.78, 5) is 26.4. The molecule has 0 aromatic heterocycles. The number of piperidine rings is 1. The molecule has 1 fully saturated rings. The first kappa shape index (κ1) is 25.3. The molecule has 0 saturated carbocycles. The molecule has 2 amide bonds. The fourth-order valence-electron chi connectivity index (χ4n) is 3.81. The van der Waals surface area contributed by atoms with E-state index in [4.69, 9.17) is 10.5 Å². The Balaban J connectivity index is 1.92. The Labute approximate surface area is 199 Å². The van der Waals surface area contributed by atoms with Crippen molar-refractivity contribution in [1.29, 1.82) is 0 Å². The SMILES string of the molecule is COc1ccc(CNc2cc(C(=O)N3CCCC(C(N)=O)C3)cc(S(=O)(=O)N(C)C)c2)cc1O. The van der Waals surface area contributed by atoms with Crippen LogP contribution in [0.4, 0.5) is 5.69 Å². The smallest absolute Gasteiger partial charge is 0.253 e. The Morgan fingerprint density at radius 1 is 1.24 bits per heavy atom.